The largest absolute Gasteiger partial charge is 0.465 e. The molecule has 1 saturated carbocycles. The Labute approximate surface area is 59.4 Å². The quantitative estimate of drug-likeness (QED) is 0.510. The van der Waals surface area contributed by atoms with Crippen molar-refractivity contribution in [1.29, 1.82) is 0 Å². The number of hydrogen-bond donors (Lipinski definition) is 3. The van der Waals surface area contributed by atoms with Crippen molar-refractivity contribution in [1.82, 2.24) is 5.32 Å². The Hall–Kier alpha value is -0.770. The minimum absolute atomic E-state index is 0.306. The molecule has 0 atom stereocenters. The van der Waals surface area contributed by atoms with Crippen LogP contribution < -0.4 is 11.1 Å². The summed E-state index contributed by atoms with van der Waals surface area (Å²) in [5.41, 5.74) is 5.50. The molecular weight excluding hydrogens is 132 g/mol. The molecule has 4 N–H and O–H groups in total. The smallest absolute Gasteiger partial charge is 0.404 e. The van der Waals surface area contributed by atoms with Gasteiger partial charge in [0.15, 0.2) is 0 Å². The third kappa shape index (κ3) is 1.88. The number of nitrogens with one attached hydrogen (secondary N) is 1. The van der Waals surface area contributed by atoms with E-state index in [2.05, 4.69) is 5.32 Å². The maximum atomic E-state index is 9.98. The van der Waals surface area contributed by atoms with Crippen molar-refractivity contribution in [2.24, 2.45) is 11.7 Å². The minimum Gasteiger partial charge on any atom is -0.465 e. The van der Waals surface area contributed by atoms with Crippen LogP contribution in [0.3, 0.4) is 0 Å². The molecule has 0 radical (unpaired) electrons. The summed E-state index contributed by atoms with van der Waals surface area (Å²) in [5, 5.41) is 10.5. The first-order chi connectivity index (χ1) is 4.68. The molecule has 1 amide bonds. The Kier molecular flexibility index (Phi) is 2.11. The third-order valence-corrected chi connectivity index (χ3v) is 1.81. The molecule has 0 aromatic rings. The minimum atomic E-state index is -0.944. The van der Waals surface area contributed by atoms with E-state index in [0.717, 1.165) is 12.8 Å². The highest BCUT2D eigenvalue weighted by Gasteiger charge is 2.25. The van der Waals surface area contributed by atoms with Crippen molar-refractivity contribution in [3.8, 4) is 0 Å². The number of rotatable bonds is 2. The number of nitrogens with two attached hydrogens (primary N) is 1. The van der Waals surface area contributed by atoms with Gasteiger partial charge in [0.25, 0.3) is 0 Å². The zero-order valence-electron chi connectivity index (χ0n) is 5.71. The van der Waals surface area contributed by atoms with Gasteiger partial charge in [0.2, 0.25) is 0 Å². The lowest BCUT2D eigenvalue weighted by molar-refractivity contribution is 0.184. The van der Waals surface area contributed by atoms with E-state index in [9.17, 15) is 4.79 Å². The fourth-order valence-corrected chi connectivity index (χ4v) is 1.19. The molecule has 58 valence electrons. The van der Waals surface area contributed by atoms with E-state index in [1.54, 1.807) is 0 Å². The van der Waals surface area contributed by atoms with Crippen molar-refractivity contribution in [3.63, 3.8) is 0 Å². The monoisotopic (exact) mass is 144 g/mol. The van der Waals surface area contributed by atoms with Crippen LogP contribution in [0.1, 0.15) is 12.8 Å². The van der Waals surface area contributed by atoms with Gasteiger partial charge >= 0.3 is 6.09 Å². The zero-order valence-corrected chi connectivity index (χ0v) is 5.71. The molecule has 0 unspecified atom stereocenters. The topological polar surface area (TPSA) is 75.3 Å². The van der Waals surface area contributed by atoms with E-state index in [4.69, 9.17) is 10.8 Å². The molecule has 1 rings (SSSR count). The first-order valence-electron chi connectivity index (χ1n) is 3.41. The highest BCUT2D eigenvalue weighted by Crippen LogP contribution is 2.24. The van der Waals surface area contributed by atoms with Gasteiger partial charge in [0, 0.05) is 12.6 Å². The third-order valence-electron chi connectivity index (χ3n) is 1.81. The Bertz CT molecular complexity index is 132. The molecule has 0 bridgehead atoms. The molecule has 1 aliphatic rings. The molecule has 4 nitrogen and oxygen atoms in total. The second-order valence-electron chi connectivity index (χ2n) is 2.78. The maximum absolute atomic E-state index is 9.98. The van der Waals surface area contributed by atoms with E-state index in [0.29, 0.717) is 18.5 Å². The average molecular weight is 144 g/mol. The van der Waals surface area contributed by atoms with Crippen LogP contribution in [-0.2, 0) is 0 Å². The number of hydrogen-bond acceptors (Lipinski definition) is 2. The fourth-order valence-electron chi connectivity index (χ4n) is 1.19. The molecule has 0 spiro atoms. The summed E-state index contributed by atoms with van der Waals surface area (Å²) in [6, 6.07) is 0.306. The number of carbonyl (C=O) groups is 1. The number of carboxylic acid groups (broad SMARTS) is 1. The van der Waals surface area contributed by atoms with Crippen molar-refractivity contribution >= 4 is 6.09 Å². The van der Waals surface area contributed by atoms with Gasteiger partial charge in [-0.1, -0.05) is 0 Å². The highest BCUT2D eigenvalue weighted by molar-refractivity contribution is 5.64. The first kappa shape index (κ1) is 7.34. The van der Waals surface area contributed by atoms with E-state index in [-0.39, 0.29) is 0 Å². The summed E-state index contributed by atoms with van der Waals surface area (Å²) < 4.78 is 0. The summed E-state index contributed by atoms with van der Waals surface area (Å²) in [5.74, 6) is 0.478. The molecule has 0 aromatic carbocycles. The van der Waals surface area contributed by atoms with Gasteiger partial charge in [-0.05, 0) is 18.8 Å². The van der Waals surface area contributed by atoms with E-state index < -0.39 is 6.09 Å². The fraction of sp³-hybridized carbons (Fsp3) is 0.833. The van der Waals surface area contributed by atoms with Gasteiger partial charge in [-0.2, -0.15) is 0 Å². The van der Waals surface area contributed by atoms with Crippen LogP contribution in [0.4, 0.5) is 4.79 Å². The van der Waals surface area contributed by atoms with Crippen molar-refractivity contribution < 1.29 is 9.90 Å². The molecule has 0 aliphatic heterocycles. The van der Waals surface area contributed by atoms with Gasteiger partial charge in [-0.15, -0.1) is 0 Å². The molecule has 4 heteroatoms. The van der Waals surface area contributed by atoms with Crippen LogP contribution in [0, 0.1) is 5.92 Å². The average Bonchev–Trinajstić information content (AvgIpc) is 1.77. The van der Waals surface area contributed by atoms with Crippen LogP contribution in [0.5, 0.6) is 0 Å². The Morgan fingerprint density at radius 3 is 2.70 bits per heavy atom. The predicted molar refractivity (Wildman–Crippen MR) is 36.7 cm³/mol. The van der Waals surface area contributed by atoms with Gasteiger partial charge in [-0.3, -0.25) is 0 Å². The van der Waals surface area contributed by atoms with Gasteiger partial charge in [0.1, 0.15) is 0 Å². The molecule has 1 aliphatic carbocycles. The van der Waals surface area contributed by atoms with Crippen molar-refractivity contribution in [2.45, 2.75) is 18.9 Å². The van der Waals surface area contributed by atoms with Crippen LogP contribution >= 0.6 is 0 Å². The van der Waals surface area contributed by atoms with Crippen molar-refractivity contribution in [2.75, 3.05) is 6.54 Å². The molecule has 0 aromatic heterocycles. The number of amides is 1. The lowest BCUT2D eigenvalue weighted by atomic mass is 9.81. The van der Waals surface area contributed by atoms with Gasteiger partial charge in [0.05, 0.1) is 0 Å². The second-order valence-corrected chi connectivity index (χ2v) is 2.78. The second kappa shape index (κ2) is 2.88. The van der Waals surface area contributed by atoms with Gasteiger partial charge in [-0.25, -0.2) is 4.79 Å². The molecule has 0 saturated heterocycles. The lowest BCUT2D eigenvalue weighted by Crippen LogP contribution is -2.42. The Balaban J connectivity index is 2.00. The lowest BCUT2D eigenvalue weighted by Gasteiger charge is -2.31. The summed E-state index contributed by atoms with van der Waals surface area (Å²) in [6.45, 7) is 0.559. The zero-order chi connectivity index (χ0) is 7.56. The summed E-state index contributed by atoms with van der Waals surface area (Å²) in [4.78, 5) is 9.98. The molecule has 1 fully saturated rings. The van der Waals surface area contributed by atoms with Crippen LogP contribution in [0.25, 0.3) is 0 Å². The Morgan fingerprint density at radius 1 is 1.70 bits per heavy atom. The van der Waals surface area contributed by atoms with E-state index in [1.165, 1.54) is 0 Å². The standard InChI is InChI=1S/C6H12N2O2/c7-5-1-4(2-5)3-8-6(9)10/h4-5,8H,1-3,7H2,(H,9,10). The summed E-state index contributed by atoms with van der Waals surface area (Å²) >= 11 is 0. The van der Waals surface area contributed by atoms with Crippen LogP contribution in [0.15, 0.2) is 0 Å². The Morgan fingerprint density at radius 2 is 2.30 bits per heavy atom. The normalized spacial score (nSPS) is 30.9. The van der Waals surface area contributed by atoms with Gasteiger partial charge < -0.3 is 16.2 Å². The maximum Gasteiger partial charge on any atom is 0.404 e. The molecular formula is C6H12N2O2. The SMILES string of the molecule is NC1CC(CNC(=O)O)C1. The molecule has 0 heterocycles. The van der Waals surface area contributed by atoms with Crippen LogP contribution in [-0.4, -0.2) is 23.8 Å². The van der Waals surface area contributed by atoms with Crippen molar-refractivity contribution in [3.05, 3.63) is 0 Å². The van der Waals surface area contributed by atoms with Crippen LogP contribution in [0.2, 0.25) is 0 Å². The summed E-state index contributed by atoms with van der Waals surface area (Å²) in [6.07, 6.45) is 0.973. The highest BCUT2D eigenvalue weighted by atomic mass is 16.4. The summed E-state index contributed by atoms with van der Waals surface area (Å²) in [7, 11) is 0. The molecule has 10 heavy (non-hydrogen) atoms. The van der Waals surface area contributed by atoms with E-state index >= 15 is 0 Å². The first-order valence-corrected chi connectivity index (χ1v) is 3.41. The predicted octanol–water partition coefficient (Wildman–Crippen LogP) is -0.00870. The van der Waals surface area contributed by atoms with E-state index in [1.807, 2.05) is 0 Å².